The van der Waals surface area contributed by atoms with E-state index >= 15 is 0 Å². The third-order valence-corrected chi connectivity index (χ3v) is 13.5. The molecule has 0 radical (unpaired) electrons. The SMILES string of the molecule is CC1(C)O[C@@H]2[C@H](O1)[C@H]1OC(C)(C)O[C@H]1O[C@@H]2[C@@H](C[S+]1C[C@@H](OCc2ccccc2)[C@H](OCc2ccccc2)[C@H]1COCc1ccccc1)OCc1ccccc1. The molecule has 4 aromatic rings. The van der Waals surface area contributed by atoms with Gasteiger partial charge >= 0.3 is 0 Å². The van der Waals surface area contributed by atoms with Gasteiger partial charge in [0, 0.05) is 10.9 Å². The monoisotopic (exact) mass is 783 g/mol. The highest BCUT2D eigenvalue weighted by Gasteiger charge is 2.63. The van der Waals surface area contributed by atoms with E-state index in [1.807, 2.05) is 76.2 Å². The fraction of sp³-hybridized carbons (Fsp3) is 0.478. The molecule has 10 heteroatoms. The molecule has 0 bridgehead atoms. The first-order chi connectivity index (χ1) is 27.2. The van der Waals surface area contributed by atoms with Gasteiger partial charge in [-0.05, 0) is 49.9 Å². The molecular weight excluding hydrogens is 729 g/mol. The number of benzene rings is 4. The maximum absolute atomic E-state index is 6.99. The molecule has 298 valence electrons. The summed E-state index contributed by atoms with van der Waals surface area (Å²) in [6, 6.07) is 41.3. The summed E-state index contributed by atoms with van der Waals surface area (Å²) in [7, 11) is -0.286. The normalized spacial score (nSPS) is 30.8. The minimum absolute atomic E-state index is 0.0281. The summed E-state index contributed by atoms with van der Waals surface area (Å²) in [5.41, 5.74) is 4.46. The molecule has 4 saturated heterocycles. The smallest absolute Gasteiger partial charge is 0.190 e. The van der Waals surface area contributed by atoms with E-state index < -0.39 is 36.2 Å². The summed E-state index contributed by atoms with van der Waals surface area (Å²) in [5, 5.41) is 0.0281. The van der Waals surface area contributed by atoms with Gasteiger partial charge in [0.25, 0.3) is 0 Å². The molecule has 4 aliphatic heterocycles. The van der Waals surface area contributed by atoms with E-state index in [9.17, 15) is 0 Å². The summed E-state index contributed by atoms with van der Waals surface area (Å²) in [4.78, 5) is 0. The highest BCUT2D eigenvalue weighted by Crippen LogP contribution is 2.46. The highest BCUT2D eigenvalue weighted by atomic mass is 32.2. The van der Waals surface area contributed by atoms with Crippen molar-refractivity contribution in [1.29, 1.82) is 0 Å². The first-order valence-corrected chi connectivity index (χ1v) is 21.4. The topological polar surface area (TPSA) is 83.1 Å². The van der Waals surface area contributed by atoms with Crippen LogP contribution in [0.3, 0.4) is 0 Å². The van der Waals surface area contributed by atoms with Crippen LogP contribution in [0, 0.1) is 0 Å². The molecule has 9 nitrogen and oxygen atoms in total. The molecule has 4 aliphatic rings. The number of hydrogen-bond donors (Lipinski definition) is 0. The van der Waals surface area contributed by atoms with Crippen LogP contribution in [0.1, 0.15) is 49.9 Å². The molecule has 4 aromatic carbocycles. The van der Waals surface area contributed by atoms with Crippen LogP contribution in [-0.2, 0) is 80.0 Å². The maximum Gasteiger partial charge on any atom is 0.190 e. The molecule has 4 fully saturated rings. The first kappa shape index (κ1) is 39.7. The second-order valence-electron chi connectivity index (χ2n) is 16.0. The third kappa shape index (κ3) is 9.76. The molecule has 56 heavy (non-hydrogen) atoms. The Balaban J connectivity index is 1.10. The molecule has 0 amide bonds. The number of ether oxygens (including phenoxy) is 9. The van der Waals surface area contributed by atoms with Gasteiger partial charge in [0.15, 0.2) is 23.1 Å². The van der Waals surface area contributed by atoms with Crippen LogP contribution in [0.4, 0.5) is 0 Å². The lowest BCUT2D eigenvalue weighted by Crippen LogP contribution is -2.60. The van der Waals surface area contributed by atoms with Gasteiger partial charge in [-0.15, -0.1) is 0 Å². The van der Waals surface area contributed by atoms with Crippen molar-refractivity contribution in [2.45, 2.75) is 120 Å². The van der Waals surface area contributed by atoms with Crippen molar-refractivity contribution in [2.24, 2.45) is 0 Å². The van der Waals surface area contributed by atoms with Crippen LogP contribution in [0.15, 0.2) is 121 Å². The molecule has 8 rings (SSSR count). The summed E-state index contributed by atoms with van der Waals surface area (Å²) >= 11 is 0. The first-order valence-electron chi connectivity index (χ1n) is 19.8. The quantitative estimate of drug-likeness (QED) is 0.108. The van der Waals surface area contributed by atoms with Gasteiger partial charge in [0.05, 0.1) is 33.0 Å². The van der Waals surface area contributed by atoms with Crippen molar-refractivity contribution < 1.29 is 42.6 Å². The van der Waals surface area contributed by atoms with E-state index in [4.69, 9.17) is 42.6 Å². The van der Waals surface area contributed by atoms with E-state index in [1.54, 1.807) is 0 Å². The van der Waals surface area contributed by atoms with Gasteiger partial charge in [0.1, 0.15) is 54.2 Å². The van der Waals surface area contributed by atoms with Crippen LogP contribution in [-0.4, -0.2) is 84.0 Å². The van der Waals surface area contributed by atoms with Crippen LogP contribution >= 0.6 is 0 Å². The zero-order valence-electron chi connectivity index (χ0n) is 32.8. The summed E-state index contributed by atoms with van der Waals surface area (Å²) in [6.07, 6.45) is -3.12. The fourth-order valence-corrected chi connectivity index (χ4v) is 11.1. The molecule has 0 aromatic heterocycles. The predicted octanol–water partition coefficient (Wildman–Crippen LogP) is 7.36. The Bertz CT molecular complexity index is 1800. The molecule has 4 heterocycles. The Kier molecular flexibility index (Phi) is 12.6. The molecule has 10 atom stereocenters. The average Bonchev–Trinajstić information content (AvgIpc) is 3.83. The zero-order valence-corrected chi connectivity index (χ0v) is 33.6. The molecule has 0 saturated carbocycles. The van der Waals surface area contributed by atoms with Crippen molar-refractivity contribution >= 4 is 10.9 Å². The number of rotatable bonds is 16. The lowest BCUT2D eigenvalue weighted by atomic mass is 9.96. The van der Waals surface area contributed by atoms with Crippen molar-refractivity contribution in [3.63, 3.8) is 0 Å². The Morgan fingerprint density at radius 3 is 1.70 bits per heavy atom. The molecular formula is C46H55O9S+. The van der Waals surface area contributed by atoms with Crippen molar-refractivity contribution in [3.05, 3.63) is 144 Å². The lowest BCUT2D eigenvalue weighted by Gasteiger charge is -2.40. The fourth-order valence-electron chi connectivity index (χ4n) is 8.18. The van der Waals surface area contributed by atoms with Crippen LogP contribution < -0.4 is 0 Å². The minimum atomic E-state index is -0.831. The minimum Gasteiger partial charge on any atom is -0.371 e. The van der Waals surface area contributed by atoms with Gasteiger partial charge < -0.3 is 42.6 Å². The average molecular weight is 784 g/mol. The van der Waals surface area contributed by atoms with Gasteiger partial charge in [-0.25, -0.2) is 0 Å². The van der Waals surface area contributed by atoms with E-state index in [1.165, 1.54) is 0 Å². The van der Waals surface area contributed by atoms with Gasteiger partial charge in [-0.2, -0.15) is 0 Å². The van der Waals surface area contributed by atoms with Gasteiger partial charge in [-0.3, -0.25) is 0 Å². The Morgan fingerprint density at radius 1 is 0.589 bits per heavy atom. The van der Waals surface area contributed by atoms with E-state index in [0.29, 0.717) is 38.8 Å². The Hall–Kier alpha value is -3.13. The third-order valence-electron chi connectivity index (χ3n) is 10.8. The number of fused-ring (bicyclic) bond motifs is 3. The standard InChI is InChI=1S/C46H55O9S/c1-45(2)52-41-40(51-44-43(42(41)53-45)54-46(3,4)55-44)37(49-27-34-21-13-7-14-22-34)31-56-30-36(48-26-33-19-11-6-12-20-33)39(50-28-35-23-15-8-16-24-35)38(56)29-47-25-32-17-9-5-10-18-32/h5-24,36-44H,25-31H2,1-4H3/q+1/t36-,37-,38-,39+,40-,41+,42+,43-,44-,56?/m1/s1. The Morgan fingerprint density at radius 2 is 1.09 bits per heavy atom. The molecule has 0 N–H and O–H groups in total. The van der Waals surface area contributed by atoms with Crippen molar-refractivity contribution in [3.8, 4) is 0 Å². The van der Waals surface area contributed by atoms with Crippen molar-refractivity contribution in [2.75, 3.05) is 18.1 Å². The Labute approximate surface area is 334 Å². The van der Waals surface area contributed by atoms with Gasteiger partial charge in [-0.1, -0.05) is 121 Å². The predicted molar refractivity (Wildman–Crippen MR) is 215 cm³/mol. The summed E-state index contributed by atoms with van der Waals surface area (Å²) in [6.45, 7) is 10.1. The van der Waals surface area contributed by atoms with E-state index in [2.05, 4.69) is 72.8 Å². The molecule has 0 aliphatic carbocycles. The van der Waals surface area contributed by atoms with E-state index in [-0.39, 0.29) is 40.6 Å². The van der Waals surface area contributed by atoms with Gasteiger partial charge in [0.2, 0.25) is 0 Å². The van der Waals surface area contributed by atoms with Crippen LogP contribution in [0.25, 0.3) is 0 Å². The van der Waals surface area contributed by atoms with Crippen LogP contribution in [0.2, 0.25) is 0 Å². The maximum atomic E-state index is 6.99. The molecule has 1 unspecified atom stereocenters. The largest absolute Gasteiger partial charge is 0.371 e. The summed E-state index contributed by atoms with van der Waals surface area (Å²) < 4.78 is 60.1. The van der Waals surface area contributed by atoms with E-state index in [0.717, 1.165) is 28.0 Å². The highest BCUT2D eigenvalue weighted by molar-refractivity contribution is 7.97. The second-order valence-corrected chi connectivity index (χ2v) is 18.3. The zero-order chi connectivity index (χ0) is 38.5. The molecule has 0 spiro atoms. The number of hydrogen-bond acceptors (Lipinski definition) is 9. The van der Waals surface area contributed by atoms with Crippen LogP contribution in [0.5, 0.6) is 0 Å². The van der Waals surface area contributed by atoms with Crippen molar-refractivity contribution in [1.82, 2.24) is 0 Å². The second kappa shape index (κ2) is 17.8. The summed E-state index contributed by atoms with van der Waals surface area (Å²) in [5.74, 6) is -0.185. The lowest BCUT2D eigenvalue weighted by molar-refractivity contribution is -0.255.